The van der Waals surface area contributed by atoms with Gasteiger partial charge in [-0.15, -0.1) is 0 Å². The van der Waals surface area contributed by atoms with E-state index in [1.807, 2.05) is 5.43 Å². The van der Waals surface area contributed by atoms with E-state index in [0.29, 0.717) is 11.2 Å². The summed E-state index contributed by atoms with van der Waals surface area (Å²) in [7, 11) is 0. The Kier molecular flexibility index (Phi) is 4.67. The van der Waals surface area contributed by atoms with Gasteiger partial charge in [0.1, 0.15) is 17.3 Å². The SMILES string of the molecule is O=C1[C@H](C2CC2)[C@H](c2c(F)cc(C3=CC=C(C(F)(F)F)NN3)cc2F)N1c1ccc2[nH]cnc2c1. The Morgan fingerprint density at radius 3 is 2.37 bits per heavy atom. The first kappa shape index (κ1) is 21.6. The average Bonchev–Trinajstić information content (AvgIpc) is 3.52. The highest BCUT2D eigenvalue weighted by Crippen LogP contribution is 2.55. The molecule has 1 saturated carbocycles. The van der Waals surface area contributed by atoms with Gasteiger partial charge in [0.15, 0.2) is 0 Å². The quantitative estimate of drug-likeness (QED) is 0.364. The number of nitrogens with one attached hydrogen (secondary N) is 3. The standard InChI is InChI=1S/C24H18F5N5O/c25-14-7-12(16-5-6-19(33-32-16)24(27,28)29)8-15(26)21(14)22-20(11-1-2-11)23(35)34(22)13-3-4-17-18(9-13)31-10-30-17/h3-11,20,22,32-33H,1-2H2,(H,30,31)/t20-,22-/m1/s1. The zero-order valence-corrected chi connectivity index (χ0v) is 18.0. The molecule has 1 aliphatic carbocycles. The van der Waals surface area contributed by atoms with E-state index in [4.69, 9.17) is 0 Å². The van der Waals surface area contributed by atoms with E-state index in [1.54, 1.807) is 18.2 Å². The summed E-state index contributed by atoms with van der Waals surface area (Å²) in [5, 5.41) is 0. The van der Waals surface area contributed by atoms with Gasteiger partial charge in [-0.25, -0.2) is 13.8 Å². The van der Waals surface area contributed by atoms with Crippen molar-refractivity contribution in [1.82, 2.24) is 20.8 Å². The van der Waals surface area contributed by atoms with Crippen LogP contribution in [0.15, 0.2) is 54.5 Å². The number of aromatic nitrogens is 2. The van der Waals surface area contributed by atoms with Gasteiger partial charge in [-0.05, 0) is 61.2 Å². The van der Waals surface area contributed by atoms with Crippen molar-refractivity contribution in [3.8, 4) is 0 Å². The third-order valence-corrected chi connectivity index (χ3v) is 6.69. The van der Waals surface area contributed by atoms with Gasteiger partial charge in [0.2, 0.25) is 5.91 Å². The monoisotopic (exact) mass is 487 g/mol. The first-order valence-corrected chi connectivity index (χ1v) is 11.0. The van der Waals surface area contributed by atoms with Crippen LogP contribution in [0.5, 0.6) is 0 Å². The molecule has 3 N–H and O–H groups in total. The lowest BCUT2D eigenvalue weighted by Crippen LogP contribution is -2.56. The largest absolute Gasteiger partial charge is 0.432 e. The minimum absolute atomic E-state index is 0.0341. The number of nitrogens with zero attached hydrogens (tertiary/aromatic N) is 2. The van der Waals surface area contributed by atoms with E-state index >= 15 is 8.78 Å². The average molecular weight is 487 g/mol. The van der Waals surface area contributed by atoms with E-state index in [0.717, 1.165) is 42.6 Å². The van der Waals surface area contributed by atoms with Crippen molar-refractivity contribution in [3.05, 3.63) is 77.3 Å². The molecule has 0 radical (unpaired) electrons. The van der Waals surface area contributed by atoms with Crippen LogP contribution in [-0.4, -0.2) is 22.1 Å². The topological polar surface area (TPSA) is 73.1 Å². The predicted molar refractivity (Wildman–Crippen MR) is 117 cm³/mol. The van der Waals surface area contributed by atoms with Gasteiger partial charge in [-0.2, -0.15) is 13.2 Å². The predicted octanol–water partition coefficient (Wildman–Crippen LogP) is 4.85. The van der Waals surface area contributed by atoms with Crippen LogP contribution in [0.1, 0.15) is 30.0 Å². The van der Waals surface area contributed by atoms with E-state index in [1.165, 1.54) is 11.2 Å². The molecule has 1 amide bonds. The number of carbonyl (C=O) groups is 1. The fourth-order valence-corrected chi connectivity index (χ4v) is 4.83. The zero-order valence-electron chi connectivity index (χ0n) is 18.0. The molecule has 2 aromatic carbocycles. The van der Waals surface area contributed by atoms with Crippen molar-refractivity contribution in [2.24, 2.45) is 11.8 Å². The smallest absolute Gasteiger partial charge is 0.345 e. The summed E-state index contributed by atoms with van der Waals surface area (Å²) >= 11 is 0. The minimum Gasteiger partial charge on any atom is -0.345 e. The van der Waals surface area contributed by atoms with Gasteiger partial charge in [0.25, 0.3) is 0 Å². The molecule has 3 heterocycles. The molecule has 2 fully saturated rings. The number of amides is 1. The molecular formula is C24H18F5N5O. The second-order valence-electron chi connectivity index (χ2n) is 8.88. The molecule has 35 heavy (non-hydrogen) atoms. The number of aromatic amines is 1. The molecule has 180 valence electrons. The Morgan fingerprint density at radius 2 is 1.74 bits per heavy atom. The molecule has 2 atom stereocenters. The molecule has 3 aromatic rings. The van der Waals surface area contributed by atoms with E-state index in [2.05, 4.69) is 15.4 Å². The number of fused-ring (bicyclic) bond motifs is 1. The Hall–Kier alpha value is -3.89. The summed E-state index contributed by atoms with van der Waals surface area (Å²) in [6.45, 7) is 0. The lowest BCUT2D eigenvalue weighted by Gasteiger charge is -2.48. The summed E-state index contributed by atoms with van der Waals surface area (Å²) in [6.07, 6.45) is 0.444. The molecule has 0 spiro atoms. The van der Waals surface area contributed by atoms with Crippen LogP contribution in [0, 0.1) is 23.5 Å². The number of hydrogen-bond acceptors (Lipinski definition) is 4. The van der Waals surface area contributed by atoms with Gasteiger partial charge >= 0.3 is 6.18 Å². The molecule has 2 aliphatic heterocycles. The number of β-lactam (4-membered cyclic amide) rings is 1. The maximum atomic E-state index is 15.4. The van der Waals surface area contributed by atoms with Crippen molar-refractivity contribution < 1.29 is 26.7 Å². The first-order chi connectivity index (χ1) is 16.7. The number of carbonyl (C=O) groups excluding carboxylic acids is 1. The second-order valence-corrected chi connectivity index (χ2v) is 8.88. The number of allylic oxidation sites excluding steroid dienone is 3. The maximum absolute atomic E-state index is 15.4. The number of hydrazine groups is 1. The molecule has 1 aromatic heterocycles. The van der Waals surface area contributed by atoms with Gasteiger partial charge in [-0.3, -0.25) is 10.2 Å². The molecule has 6 nitrogen and oxygen atoms in total. The van der Waals surface area contributed by atoms with Crippen molar-refractivity contribution >= 4 is 28.3 Å². The Morgan fingerprint density at radius 1 is 1.00 bits per heavy atom. The molecule has 0 unspecified atom stereocenters. The number of benzene rings is 2. The first-order valence-electron chi connectivity index (χ1n) is 11.0. The minimum atomic E-state index is -4.59. The molecule has 0 bridgehead atoms. The summed E-state index contributed by atoms with van der Waals surface area (Å²) < 4.78 is 69.3. The number of anilines is 1. The lowest BCUT2D eigenvalue weighted by molar-refractivity contribution is -0.131. The summed E-state index contributed by atoms with van der Waals surface area (Å²) in [5.74, 6) is -2.41. The number of imidazole rings is 1. The van der Waals surface area contributed by atoms with Crippen LogP contribution < -0.4 is 15.8 Å². The number of halogens is 5. The fraction of sp³-hybridized carbons (Fsp3) is 0.250. The van der Waals surface area contributed by atoms with E-state index in [-0.39, 0.29) is 28.6 Å². The highest BCUT2D eigenvalue weighted by molar-refractivity contribution is 6.04. The van der Waals surface area contributed by atoms with Gasteiger partial charge in [0.05, 0.1) is 35.0 Å². The molecule has 6 rings (SSSR count). The highest BCUT2D eigenvalue weighted by Gasteiger charge is 2.56. The number of H-pyrrole nitrogens is 1. The lowest BCUT2D eigenvalue weighted by atomic mass is 9.78. The number of hydrogen-bond donors (Lipinski definition) is 3. The Labute approximate surface area is 195 Å². The van der Waals surface area contributed by atoms with Gasteiger partial charge < -0.3 is 15.3 Å². The zero-order chi connectivity index (χ0) is 24.5. The third-order valence-electron chi connectivity index (χ3n) is 6.69. The molecular weight excluding hydrogens is 469 g/mol. The third kappa shape index (κ3) is 3.53. The van der Waals surface area contributed by atoms with Crippen LogP contribution in [0.2, 0.25) is 0 Å². The van der Waals surface area contributed by atoms with Crippen molar-refractivity contribution in [2.75, 3.05) is 4.90 Å². The van der Waals surface area contributed by atoms with Crippen LogP contribution in [0.4, 0.5) is 27.6 Å². The second kappa shape index (κ2) is 7.56. The fourth-order valence-electron chi connectivity index (χ4n) is 4.83. The summed E-state index contributed by atoms with van der Waals surface area (Å²) in [4.78, 5) is 21.6. The molecule has 1 saturated heterocycles. The van der Waals surface area contributed by atoms with Crippen molar-refractivity contribution in [2.45, 2.75) is 25.1 Å². The number of rotatable bonds is 4. The van der Waals surface area contributed by atoms with Crippen LogP contribution >= 0.6 is 0 Å². The van der Waals surface area contributed by atoms with Crippen molar-refractivity contribution in [3.63, 3.8) is 0 Å². The normalized spacial score (nSPS) is 22.3. The van der Waals surface area contributed by atoms with Crippen LogP contribution in [-0.2, 0) is 4.79 Å². The molecule has 11 heteroatoms. The highest BCUT2D eigenvalue weighted by atomic mass is 19.4. The Bertz CT molecular complexity index is 1400. The van der Waals surface area contributed by atoms with Crippen LogP contribution in [0.3, 0.4) is 0 Å². The van der Waals surface area contributed by atoms with Gasteiger partial charge in [-0.1, -0.05) is 0 Å². The summed E-state index contributed by atoms with van der Waals surface area (Å²) in [6, 6.07) is 6.44. The van der Waals surface area contributed by atoms with Gasteiger partial charge in [0, 0.05) is 16.8 Å². The molecule has 3 aliphatic rings. The van der Waals surface area contributed by atoms with E-state index < -0.39 is 35.5 Å². The van der Waals surface area contributed by atoms with Crippen molar-refractivity contribution in [1.29, 1.82) is 0 Å². The summed E-state index contributed by atoms with van der Waals surface area (Å²) in [5.41, 5.74) is 5.06. The van der Waals surface area contributed by atoms with E-state index in [9.17, 15) is 18.0 Å². The maximum Gasteiger partial charge on any atom is 0.432 e. The Balaban J connectivity index is 1.38. The number of alkyl halides is 3. The van der Waals surface area contributed by atoms with Crippen LogP contribution in [0.25, 0.3) is 16.7 Å².